The van der Waals surface area contributed by atoms with Crippen LogP contribution in [-0.4, -0.2) is 30.9 Å². The molecule has 1 aliphatic heterocycles. The molecule has 4 bridgehead atoms. The number of rotatable bonds is 4. The number of cyclic esters (lactones) is 1. The van der Waals surface area contributed by atoms with E-state index in [1.165, 1.54) is 25.3 Å². The highest BCUT2D eigenvalue weighted by Gasteiger charge is 2.55. The molecule has 7 nitrogen and oxygen atoms in total. The van der Waals surface area contributed by atoms with E-state index in [9.17, 15) is 14.9 Å². The molecule has 6 rings (SSSR count). The average Bonchev–Trinajstić information content (AvgIpc) is 3.02. The van der Waals surface area contributed by atoms with Crippen LogP contribution in [0.1, 0.15) is 44.1 Å². The zero-order valence-electron chi connectivity index (χ0n) is 16.8. The molecule has 4 aliphatic carbocycles. The number of nitro benzene ring substituents is 1. The normalized spacial score (nSPS) is 33.7. The Bertz CT molecular complexity index is 928. The van der Waals surface area contributed by atoms with Crippen molar-refractivity contribution in [1.82, 2.24) is 0 Å². The summed E-state index contributed by atoms with van der Waals surface area (Å²) in [6.45, 7) is 0. The van der Waals surface area contributed by atoms with Crippen molar-refractivity contribution in [2.75, 3.05) is 19.0 Å². The first-order valence-corrected chi connectivity index (χ1v) is 10.3. The minimum Gasteiger partial charge on any atom is -0.406 e. The van der Waals surface area contributed by atoms with Crippen molar-refractivity contribution in [3.05, 3.63) is 39.6 Å². The van der Waals surface area contributed by atoms with Crippen LogP contribution < -0.4 is 4.90 Å². The standard InChI is InChI=1S/C22H25N3O4/c1-24(2)18-4-3-13(9-19(18)25(27)28)8-17-20(26)29-21(23-17)22-10-14-5-15(11-22)7-16(6-14)12-22/h3-4,8-9,14-16H,5-7,10-12H2,1-2H3/b17-8+. The molecular formula is C22H25N3O4. The fraction of sp³-hybridized carbons (Fsp3) is 0.545. The van der Waals surface area contributed by atoms with Crippen molar-refractivity contribution in [3.63, 3.8) is 0 Å². The van der Waals surface area contributed by atoms with Crippen LogP contribution in [0.15, 0.2) is 28.9 Å². The van der Waals surface area contributed by atoms with Gasteiger partial charge in [-0.3, -0.25) is 10.1 Å². The lowest BCUT2D eigenvalue weighted by molar-refractivity contribution is -0.384. The van der Waals surface area contributed by atoms with Gasteiger partial charge in [-0.2, -0.15) is 0 Å². The molecule has 0 aromatic heterocycles. The molecule has 1 aromatic carbocycles. The second kappa shape index (κ2) is 6.40. The molecule has 0 saturated heterocycles. The zero-order valence-corrected chi connectivity index (χ0v) is 16.8. The summed E-state index contributed by atoms with van der Waals surface area (Å²) in [5.41, 5.74) is 1.25. The van der Waals surface area contributed by atoms with Crippen LogP contribution >= 0.6 is 0 Å². The van der Waals surface area contributed by atoms with Gasteiger partial charge in [-0.25, -0.2) is 9.79 Å². The molecule has 4 saturated carbocycles. The van der Waals surface area contributed by atoms with E-state index in [4.69, 9.17) is 4.74 Å². The number of nitrogens with zero attached hydrogens (tertiary/aromatic N) is 3. The summed E-state index contributed by atoms with van der Waals surface area (Å²) in [6.07, 6.45) is 8.74. The molecule has 0 atom stereocenters. The molecule has 5 aliphatic rings. The van der Waals surface area contributed by atoms with Crippen LogP contribution in [0.5, 0.6) is 0 Å². The Balaban J connectivity index is 1.47. The third kappa shape index (κ3) is 3.03. The molecule has 0 unspecified atom stereocenters. The SMILES string of the molecule is CN(C)c1ccc(/C=C2/N=C(C34CC5CC(CC(C5)C3)C4)OC2=O)cc1[N+](=O)[O-]. The fourth-order valence-electron chi connectivity index (χ4n) is 6.32. The molecule has 0 N–H and O–H groups in total. The van der Waals surface area contributed by atoms with Gasteiger partial charge in [0, 0.05) is 25.6 Å². The molecule has 7 heteroatoms. The van der Waals surface area contributed by atoms with Crippen LogP contribution in [0.4, 0.5) is 11.4 Å². The quantitative estimate of drug-likeness (QED) is 0.331. The predicted octanol–water partition coefficient (Wildman–Crippen LogP) is 4.17. The highest BCUT2D eigenvalue weighted by Crippen LogP contribution is 2.61. The number of ether oxygens (including phenoxy) is 1. The van der Waals surface area contributed by atoms with Gasteiger partial charge < -0.3 is 9.64 Å². The number of anilines is 1. The lowest BCUT2D eigenvalue weighted by Gasteiger charge is -2.55. The van der Waals surface area contributed by atoms with E-state index in [1.54, 1.807) is 37.2 Å². The van der Waals surface area contributed by atoms with Crippen LogP contribution in [0, 0.1) is 33.3 Å². The van der Waals surface area contributed by atoms with E-state index in [0.29, 0.717) is 17.1 Å². The monoisotopic (exact) mass is 395 g/mol. The number of nitro groups is 1. The number of carbonyl (C=O) groups excluding carboxylic acids is 1. The Labute approximate surface area is 169 Å². The third-order valence-corrected chi connectivity index (χ3v) is 7.09. The van der Waals surface area contributed by atoms with Gasteiger partial charge in [0.1, 0.15) is 5.69 Å². The van der Waals surface area contributed by atoms with E-state index in [0.717, 1.165) is 37.0 Å². The van der Waals surface area contributed by atoms with Gasteiger partial charge in [-0.05, 0) is 74.0 Å². The van der Waals surface area contributed by atoms with E-state index in [2.05, 4.69) is 4.99 Å². The Morgan fingerprint density at radius 3 is 2.34 bits per heavy atom. The van der Waals surface area contributed by atoms with Gasteiger partial charge in [0.05, 0.1) is 4.92 Å². The van der Waals surface area contributed by atoms with E-state index in [-0.39, 0.29) is 16.8 Å². The molecule has 0 radical (unpaired) electrons. The van der Waals surface area contributed by atoms with Crippen molar-refractivity contribution < 1.29 is 14.5 Å². The van der Waals surface area contributed by atoms with Crippen LogP contribution in [-0.2, 0) is 9.53 Å². The molecule has 29 heavy (non-hydrogen) atoms. The Hall–Kier alpha value is -2.70. The van der Waals surface area contributed by atoms with Crippen LogP contribution in [0.25, 0.3) is 6.08 Å². The van der Waals surface area contributed by atoms with Crippen LogP contribution in [0.3, 0.4) is 0 Å². The molecule has 0 spiro atoms. The topological polar surface area (TPSA) is 85.0 Å². The first-order valence-electron chi connectivity index (χ1n) is 10.3. The second-order valence-corrected chi connectivity index (χ2v) is 9.43. The largest absolute Gasteiger partial charge is 0.406 e. The second-order valence-electron chi connectivity index (χ2n) is 9.43. The highest BCUT2D eigenvalue weighted by molar-refractivity contribution is 6.09. The first kappa shape index (κ1) is 18.3. The number of hydrogen-bond acceptors (Lipinski definition) is 6. The summed E-state index contributed by atoms with van der Waals surface area (Å²) in [7, 11) is 3.52. The Morgan fingerprint density at radius 2 is 1.79 bits per heavy atom. The van der Waals surface area contributed by atoms with Gasteiger partial charge in [-0.15, -0.1) is 0 Å². The van der Waals surface area contributed by atoms with Crippen molar-refractivity contribution in [1.29, 1.82) is 0 Å². The number of aliphatic imine (C=N–C) groups is 1. The number of hydrogen-bond donors (Lipinski definition) is 0. The smallest absolute Gasteiger partial charge is 0.363 e. The minimum atomic E-state index is -0.449. The number of esters is 1. The van der Waals surface area contributed by atoms with Crippen LogP contribution in [0.2, 0.25) is 0 Å². The van der Waals surface area contributed by atoms with Crippen molar-refractivity contribution >= 4 is 29.3 Å². The van der Waals surface area contributed by atoms with E-state index in [1.807, 2.05) is 0 Å². The molecule has 0 amide bonds. The van der Waals surface area contributed by atoms with Gasteiger partial charge >= 0.3 is 5.97 Å². The van der Waals surface area contributed by atoms with Crippen molar-refractivity contribution in [2.45, 2.75) is 38.5 Å². The molecule has 1 aromatic rings. The summed E-state index contributed by atoms with van der Waals surface area (Å²) < 4.78 is 5.67. The molecular weight excluding hydrogens is 370 g/mol. The summed E-state index contributed by atoms with van der Waals surface area (Å²) in [5.74, 6) is 2.34. The number of carbonyl (C=O) groups is 1. The van der Waals surface area contributed by atoms with Gasteiger partial charge in [-0.1, -0.05) is 6.07 Å². The van der Waals surface area contributed by atoms with Gasteiger partial charge in [0.25, 0.3) is 5.69 Å². The van der Waals surface area contributed by atoms with Gasteiger partial charge in [0.2, 0.25) is 5.90 Å². The highest BCUT2D eigenvalue weighted by atomic mass is 16.6. The lowest BCUT2D eigenvalue weighted by Crippen LogP contribution is -2.50. The summed E-state index contributed by atoms with van der Waals surface area (Å²) >= 11 is 0. The maximum Gasteiger partial charge on any atom is 0.363 e. The molecule has 1 heterocycles. The summed E-state index contributed by atoms with van der Waals surface area (Å²) in [5, 5.41) is 11.4. The fourth-order valence-corrected chi connectivity index (χ4v) is 6.32. The lowest BCUT2D eigenvalue weighted by atomic mass is 9.49. The minimum absolute atomic E-state index is 0.000927. The average molecular weight is 395 g/mol. The van der Waals surface area contributed by atoms with Crippen molar-refractivity contribution in [2.24, 2.45) is 28.2 Å². The molecule has 4 fully saturated rings. The maximum absolute atomic E-state index is 12.5. The van der Waals surface area contributed by atoms with E-state index < -0.39 is 10.9 Å². The first-order chi connectivity index (χ1) is 13.8. The van der Waals surface area contributed by atoms with E-state index >= 15 is 0 Å². The van der Waals surface area contributed by atoms with Crippen molar-refractivity contribution in [3.8, 4) is 0 Å². The predicted molar refractivity (Wildman–Crippen MR) is 110 cm³/mol. The number of benzene rings is 1. The summed E-state index contributed by atoms with van der Waals surface area (Å²) in [6, 6.07) is 4.93. The summed E-state index contributed by atoms with van der Waals surface area (Å²) in [4.78, 5) is 29.9. The third-order valence-electron chi connectivity index (χ3n) is 7.09. The Morgan fingerprint density at radius 1 is 1.17 bits per heavy atom. The molecule has 152 valence electrons. The zero-order chi connectivity index (χ0) is 20.3. The maximum atomic E-state index is 12.5. The Kier molecular flexibility index (Phi) is 4.05. The van der Waals surface area contributed by atoms with Gasteiger partial charge in [0.15, 0.2) is 5.70 Å².